The minimum absolute atomic E-state index is 0.00800. The second-order valence-electron chi connectivity index (χ2n) is 6.34. The molecule has 1 amide bonds. The molecule has 1 rings (SSSR count). The van der Waals surface area contributed by atoms with E-state index in [0.717, 1.165) is 24.8 Å². The predicted molar refractivity (Wildman–Crippen MR) is 83.9 cm³/mol. The van der Waals surface area contributed by atoms with Crippen molar-refractivity contribution in [2.75, 3.05) is 6.54 Å². The summed E-state index contributed by atoms with van der Waals surface area (Å²) in [7, 11) is 0. The number of hydrogen-bond donors (Lipinski definition) is 2. The Hall–Kier alpha value is -0.640. The average Bonchev–Trinajstić information content (AvgIpc) is 2.27. The molecule has 19 heavy (non-hydrogen) atoms. The Balaban J connectivity index is 2.31. The Morgan fingerprint density at radius 1 is 1.42 bits per heavy atom. The number of carbonyl (C=O) groups excluding carboxylic acids is 1. The van der Waals surface area contributed by atoms with E-state index in [1.54, 1.807) is 0 Å². The van der Waals surface area contributed by atoms with Crippen LogP contribution in [-0.2, 0) is 4.79 Å². The second-order valence-corrected chi connectivity index (χ2v) is 6.81. The maximum atomic E-state index is 12.1. The summed E-state index contributed by atoms with van der Waals surface area (Å²) in [5.41, 5.74) is 5.64. The smallest absolute Gasteiger partial charge is 0.230 e. The zero-order valence-corrected chi connectivity index (χ0v) is 13.3. The Bertz CT molecular complexity index is 317. The van der Waals surface area contributed by atoms with Crippen molar-refractivity contribution in [3.8, 4) is 0 Å². The summed E-state index contributed by atoms with van der Waals surface area (Å²) >= 11 is 4.98. The summed E-state index contributed by atoms with van der Waals surface area (Å²) < 4.78 is 0. The van der Waals surface area contributed by atoms with Gasteiger partial charge >= 0.3 is 0 Å². The van der Waals surface area contributed by atoms with E-state index >= 15 is 0 Å². The summed E-state index contributed by atoms with van der Waals surface area (Å²) in [4.78, 5) is 12.4. The number of nitrogens with two attached hydrogens (primary N) is 1. The molecular formula is C15H28N2OS. The van der Waals surface area contributed by atoms with E-state index in [1.807, 2.05) is 13.8 Å². The van der Waals surface area contributed by atoms with Crippen LogP contribution in [-0.4, -0.2) is 17.4 Å². The van der Waals surface area contributed by atoms with E-state index < -0.39 is 0 Å². The molecule has 0 radical (unpaired) electrons. The number of rotatable bonds is 6. The molecule has 0 aromatic rings. The lowest BCUT2D eigenvalue weighted by Gasteiger charge is -2.27. The standard InChI is InChI=1S/C15H28N2OS/c1-10(2)13(14(16)19)15(18)17-8-7-12-6-4-5-11(3)9-12/h10-13H,4-9H2,1-3H3,(H2,16,19)(H,17,18). The van der Waals surface area contributed by atoms with Crippen molar-refractivity contribution in [2.24, 2.45) is 29.4 Å². The quantitative estimate of drug-likeness (QED) is 0.737. The molecule has 0 aromatic carbocycles. The molecule has 0 spiro atoms. The summed E-state index contributed by atoms with van der Waals surface area (Å²) in [5, 5.41) is 3.00. The molecule has 3 N–H and O–H groups in total. The molecule has 4 heteroatoms. The first kappa shape index (κ1) is 16.4. The molecule has 0 aromatic heterocycles. The lowest BCUT2D eigenvalue weighted by atomic mass is 9.81. The molecule has 1 fully saturated rings. The van der Waals surface area contributed by atoms with Gasteiger partial charge in [0.25, 0.3) is 0 Å². The normalized spacial score (nSPS) is 25.1. The van der Waals surface area contributed by atoms with Crippen LogP contribution in [0.3, 0.4) is 0 Å². The maximum Gasteiger partial charge on any atom is 0.230 e. The average molecular weight is 284 g/mol. The fourth-order valence-electron chi connectivity index (χ4n) is 3.09. The van der Waals surface area contributed by atoms with Gasteiger partial charge in [-0.2, -0.15) is 0 Å². The largest absolute Gasteiger partial charge is 0.393 e. The SMILES string of the molecule is CC1CCCC(CCNC(=O)C(C(N)=S)C(C)C)C1. The topological polar surface area (TPSA) is 55.1 Å². The van der Waals surface area contributed by atoms with Crippen LogP contribution in [0.4, 0.5) is 0 Å². The second kappa shape index (κ2) is 7.83. The summed E-state index contributed by atoms with van der Waals surface area (Å²) in [6, 6.07) is 0. The van der Waals surface area contributed by atoms with Crippen molar-refractivity contribution in [1.82, 2.24) is 5.32 Å². The van der Waals surface area contributed by atoms with Gasteiger partial charge in [0.15, 0.2) is 0 Å². The van der Waals surface area contributed by atoms with Crippen molar-refractivity contribution in [3.05, 3.63) is 0 Å². The Morgan fingerprint density at radius 3 is 2.63 bits per heavy atom. The van der Waals surface area contributed by atoms with Crippen molar-refractivity contribution in [3.63, 3.8) is 0 Å². The van der Waals surface area contributed by atoms with Crippen molar-refractivity contribution < 1.29 is 4.79 Å². The molecule has 3 unspecified atom stereocenters. The number of thiocarbonyl (C=S) groups is 1. The van der Waals surface area contributed by atoms with Crippen LogP contribution >= 0.6 is 12.2 Å². The Kier molecular flexibility index (Phi) is 6.76. The van der Waals surface area contributed by atoms with Gasteiger partial charge in [0.05, 0.1) is 10.9 Å². The first-order chi connectivity index (χ1) is 8.91. The van der Waals surface area contributed by atoms with Crippen molar-refractivity contribution >= 4 is 23.1 Å². The van der Waals surface area contributed by atoms with E-state index in [1.165, 1.54) is 25.7 Å². The fourth-order valence-corrected chi connectivity index (χ4v) is 3.47. The van der Waals surface area contributed by atoms with Crippen LogP contribution in [0.15, 0.2) is 0 Å². The zero-order valence-electron chi connectivity index (χ0n) is 12.4. The molecule has 0 heterocycles. The predicted octanol–water partition coefficient (Wildman–Crippen LogP) is 2.88. The molecule has 0 aliphatic heterocycles. The highest BCUT2D eigenvalue weighted by Gasteiger charge is 2.25. The van der Waals surface area contributed by atoms with Crippen molar-refractivity contribution in [2.45, 2.75) is 52.9 Å². The van der Waals surface area contributed by atoms with Gasteiger partial charge in [-0.25, -0.2) is 0 Å². The van der Waals surface area contributed by atoms with Crippen LogP contribution in [0.5, 0.6) is 0 Å². The molecule has 110 valence electrons. The highest BCUT2D eigenvalue weighted by Crippen LogP contribution is 2.30. The third-order valence-electron chi connectivity index (χ3n) is 4.15. The van der Waals surface area contributed by atoms with Crippen LogP contribution in [0.1, 0.15) is 52.9 Å². The summed E-state index contributed by atoms with van der Waals surface area (Å²) in [6.45, 7) is 7.03. The molecule has 1 saturated carbocycles. The highest BCUT2D eigenvalue weighted by atomic mass is 32.1. The van der Waals surface area contributed by atoms with Crippen LogP contribution in [0.2, 0.25) is 0 Å². The van der Waals surface area contributed by atoms with E-state index in [4.69, 9.17) is 18.0 Å². The minimum atomic E-state index is -0.333. The molecule has 1 aliphatic carbocycles. The van der Waals surface area contributed by atoms with E-state index in [-0.39, 0.29) is 17.7 Å². The summed E-state index contributed by atoms with van der Waals surface area (Å²) in [5.74, 6) is 1.43. The van der Waals surface area contributed by atoms with E-state index in [0.29, 0.717) is 4.99 Å². The van der Waals surface area contributed by atoms with E-state index in [2.05, 4.69) is 12.2 Å². The van der Waals surface area contributed by atoms with Gasteiger partial charge in [-0.15, -0.1) is 0 Å². The molecule has 3 atom stereocenters. The van der Waals surface area contributed by atoms with Gasteiger partial charge in [-0.1, -0.05) is 52.3 Å². The molecule has 0 saturated heterocycles. The molecule has 0 bridgehead atoms. The number of hydrogen-bond acceptors (Lipinski definition) is 2. The van der Waals surface area contributed by atoms with Crippen LogP contribution in [0, 0.1) is 23.7 Å². The third-order valence-corrected chi connectivity index (χ3v) is 4.41. The van der Waals surface area contributed by atoms with Gasteiger partial charge in [-0.05, 0) is 30.6 Å². The van der Waals surface area contributed by atoms with Gasteiger partial charge in [-0.3, -0.25) is 4.79 Å². The zero-order chi connectivity index (χ0) is 14.4. The van der Waals surface area contributed by atoms with Crippen LogP contribution in [0.25, 0.3) is 0 Å². The molecular weight excluding hydrogens is 256 g/mol. The van der Waals surface area contributed by atoms with Crippen LogP contribution < -0.4 is 11.1 Å². The van der Waals surface area contributed by atoms with Gasteiger partial charge in [0.2, 0.25) is 5.91 Å². The molecule has 3 nitrogen and oxygen atoms in total. The first-order valence-corrected chi connectivity index (χ1v) is 7.89. The Labute approximate surface area is 122 Å². The maximum absolute atomic E-state index is 12.1. The monoisotopic (exact) mass is 284 g/mol. The van der Waals surface area contributed by atoms with Gasteiger partial charge in [0, 0.05) is 6.54 Å². The first-order valence-electron chi connectivity index (χ1n) is 7.48. The highest BCUT2D eigenvalue weighted by molar-refractivity contribution is 7.80. The Morgan fingerprint density at radius 2 is 2.11 bits per heavy atom. The number of nitrogens with one attached hydrogen (secondary N) is 1. The number of amides is 1. The van der Waals surface area contributed by atoms with Gasteiger partial charge in [0.1, 0.15) is 0 Å². The van der Waals surface area contributed by atoms with E-state index in [9.17, 15) is 4.79 Å². The third kappa shape index (κ3) is 5.47. The number of carbonyl (C=O) groups is 1. The fraction of sp³-hybridized carbons (Fsp3) is 0.867. The minimum Gasteiger partial charge on any atom is -0.393 e. The summed E-state index contributed by atoms with van der Waals surface area (Å²) in [6.07, 6.45) is 6.39. The van der Waals surface area contributed by atoms with Crippen molar-refractivity contribution in [1.29, 1.82) is 0 Å². The molecule has 1 aliphatic rings. The lowest BCUT2D eigenvalue weighted by molar-refractivity contribution is -0.124. The van der Waals surface area contributed by atoms with Gasteiger partial charge < -0.3 is 11.1 Å². The lowest BCUT2D eigenvalue weighted by Crippen LogP contribution is -2.41.